The van der Waals surface area contributed by atoms with Crippen molar-refractivity contribution < 1.29 is 33.7 Å². The second kappa shape index (κ2) is 13.1. The Morgan fingerprint density at radius 2 is 1.89 bits per heavy atom. The SMILES string of the molecule is CN(Cc1ccccc1)C(=O)OCc1nc2cc(O[C@@H]3CCCC(OC=O)C3)ccc2n1C.O=CO. The van der Waals surface area contributed by atoms with Crippen molar-refractivity contribution in [3.63, 3.8) is 0 Å². The zero-order valence-corrected chi connectivity index (χ0v) is 20.4. The molecule has 1 N–H and O–H groups in total. The van der Waals surface area contributed by atoms with Gasteiger partial charge < -0.3 is 28.8 Å². The van der Waals surface area contributed by atoms with Crippen LogP contribution in [0.2, 0.25) is 0 Å². The zero-order chi connectivity index (χ0) is 25.9. The molecular weight excluding hydrogens is 466 g/mol. The summed E-state index contributed by atoms with van der Waals surface area (Å²) in [5.41, 5.74) is 2.74. The lowest BCUT2D eigenvalue weighted by Crippen LogP contribution is -2.29. The maximum absolute atomic E-state index is 12.4. The Morgan fingerprint density at radius 3 is 2.61 bits per heavy atom. The highest BCUT2D eigenvalue weighted by Crippen LogP contribution is 2.27. The molecule has 1 heterocycles. The van der Waals surface area contributed by atoms with Crippen LogP contribution in [0.5, 0.6) is 5.75 Å². The Balaban J connectivity index is 0.00000115. The molecule has 1 aliphatic rings. The smallest absolute Gasteiger partial charge is 0.410 e. The maximum Gasteiger partial charge on any atom is 0.410 e. The van der Waals surface area contributed by atoms with Gasteiger partial charge in [0.25, 0.3) is 12.9 Å². The van der Waals surface area contributed by atoms with Gasteiger partial charge in [0.05, 0.1) is 11.0 Å². The Bertz CT molecular complexity index is 1150. The highest BCUT2D eigenvalue weighted by molar-refractivity contribution is 5.77. The van der Waals surface area contributed by atoms with Crippen molar-refractivity contribution >= 4 is 30.1 Å². The summed E-state index contributed by atoms with van der Waals surface area (Å²) in [5.74, 6) is 1.38. The van der Waals surface area contributed by atoms with Crippen LogP contribution in [-0.2, 0) is 39.3 Å². The van der Waals surface area contributed by atoms with Crippen molar-refractivity contribution in [3.05, 3.63) is 59.9 Å². The van der Waals surface area contributed by atoms with Crippen LogP contribution < -0.4 is 4.74 Å². The van der Waals surface area contributed by atoms with Crippen molar-refractivity contribution in [1.29, 1.82) is 0 Å². The highest BCUT2D eigenvalue weighted by Gasteiger charge is 2.24. The summed E-state index contributed by atoms with van der Waals surface area (Å²) in [6.07, 6.45) is 2.97. The molecule has 0 saturated heterocycles. The van der Waals surface area contributed by atoms with E-state index in [2.05, 4.69) is 4.98 Å². The molecule has 10 nitrogen and oxygen atoms in total. The largest absolute Gasteiger partial charge is 0.490 e. The summed E-state index contributed by atoms with van der Waals surface area (Å²) < 4.78 is 18.7. The lowest BCUT2D eigenvalue weighted by atomic mass is 9.95. The first-order valence-corrected chi connectivity index (χ1v) is 11.7. The summed E-state index contributed by atoms with van der Waals surface area (Å²) >= 11 is 0. The normalized spacial score (nSPS) is 16.8. The number of carboxylic acid groups (broad SMARTS) is 1. The van der Waals surface area contributed by atoms with Crippen LogP contribution in [0.1, 0.15) is 37.1 Å². The molecule has 0 bridgehead atoms. The van der Waals surface area contributed by atoms with E-state index < -0.39 is 6.09 Å². The predicted molar refractivity (Wildman–Crippen MR) is 131 cm³/mol. The average Bonchev–Trinajstić information content (AvgIpc) is 3.18. The molecule has 10 heteroatoms. The number of rotatable bonds is 8. The van der Waals surface area contributed by atoms with Gasteiger partial charge in [0.2, 0.25) is 0 Å². The van der Waals surface area contributed by atoms with Gasteiger partial charge >= 0.3 is 6.09 Å². The molecule has 0 spiro atoms. The number of hydrogen-bond donors (Lipinski definition) is 1. The zero-order valence-electron chi connectivity index (χ0n) is 20.4. The number of ether oxygens (including phenoxy) is 3. The second-order valence-electron chi connectivity index (χ2n) is 8.50. The molecular formula is C26H31N3O7. The third-order valence-electron chi connectivity index (χ3n) is 5.97. The fourth-order valence-electron chi connectivity index (χ4n) is 4.19. The van der Waals surface area contributed by atoms with Crippen molar-refractivity contribution in [3.8, 4) is 5.75 Å². The molecule has 0 aliphatic heterocycles. The van der Waals surface area contributed by atoms with E-state index in [1.54, 1.807) is 7.05 Å². The Hall–Kier alpha value is -4.08. The number of amides is 1. The number of nitrogens with zero attached hydrogens (tertiary/aromatic N) is 3. The summed E-state index contributed by atoms with van der Waals surface area (Å²) in [7, 11) is 3.61. The molecule has 2 atom stereocenters. The highest BCUT2D eigenvalue weighted by atomic mass is 16.6. The van der Waals surface area contributed by atoms with Crippen LogP contribution in [0, 0.1) is 0 Å². The number of aromatic nitrogens is 2. The van der Waals surface area contributed by atoms with Gasteiger partial charge in [-0.25, -0.2) is 9.78 Å². The molecule has 2 aromatic carbocycles. The van der Waals surface area contributed by atoms with E-state index in [0.717, 1.165) is 41.6 Å². The van der Waals surface area contributed by atoms with Crippen molar-refractivity contribution in [2.45, 2.75) is 51.0 Å². The van der Waals surface area contributed by atoms with E-state index in [0.29, 0.717) is 25.3 Å². The summed E-state index contributed by atoms with van der Waals surface area (Å²) in [6.45, 7) is 0.816. The van der Waals surface area contributed by atoms with Crippen LogP contribution in [0.4, 0.5) is 4.79 Å². The number of hydrogen-bond acceptors (Lipinski definition) is 7. The predicted octanol–water partition coefficient (Wildman–Crippen LogP) is 3.91. The van der Waals surface area contributed by atoms with Crippen molar-refractivity contribution in [2.75, 3.05) is 7.05 Å². The molecule has 4 rings (SSSR count). The van der Waals surface area contributed by atoms with Gasteiger partial charge in [0.1, 0.15) is 23.8 Å². The third-order valence-corrected chi connectivity index (χ3v) is 5.97. The first-order chi connectivity index (χ1) is 17.4. The molecule has 192 valence electrons. The van der Waals surface area contributed by atoms with Crippen molar-refractivity contribution in [1.82, 2.24) is 14.5 Å². The van der Waals surface area contributed by atoms with Gasteiger partial charge in [-0.1, -0.05) is 30.3 Å². The standard InChI is InChI=1S/C25H29N3O5.CH2O2/c1-27(15-18-7-4-3-5-8-18)25(30)31-16-24-26-22-14-21(11-12-23(22)28(24)2)33-20-10-6-9-19(13-20)32-17-29;2-1-3/h3-5,7-8,11-12,14,17,19-20H,6,9-10,13,15-16H2,1-2H3;1H,(H,2,3)/t19?,20-;/m1./s1. The second-order valence-corrected chi connectivity index (χ2v) is 8.50. The fraction of sp³-hybridized carbons (Fsp3) is 0.385. The lowest BCUT2D eigenvalue weighted by molar-refractivity contribution is -0.136. The van der Waals surface area contributed by atoms with Gasteiger partial charge in [-0.05, 0) is 37.0 Å². The first-order valence-electron chi connectivity index (χ1n) is 11.7. The fourth-order valence-corrected chi connectivity index (χ4v) is 4.19. The average molecular weight is 498 g/mol. The Labute approximate surface area is 209 Å². The monoisotopic (exact) mass is 497 g/mol. The quantitative estimate of drug-likeness (QED) is 0.465. The van der Waals surface area contributed by atoms with E-state index >= 15 is 0 Å². The first kappa shape index (κ1) is 26.5. The van der Waals surface area contributed by atoms with Gasteiger partial charge in [-0.15, -0.1) is 0 Å². The number of benzene rings is 2. The number of carbonyl (C=O) groups is 3. The van der Waals surface area contributed by atoms with Crippen LogP contribution in [0.3, 0.4) is 0 Å². The summed E-state index contributed by atoms with van der Waals surface area (Å²) in [5, 5.41) is 6.89. The Kier molecular flexibility index (Phi) is 9.67. The molecule has 1 unspecified atom stereocenters. The van der Waals surface area contributed by atoms with E-state index in [-0.39, 0.29) is 25.3 Å². The molecule has 0 radical (unpaired) electrons. The van der Waals surface area contributed by atoms with E-state index in [1.807, 2.05) is 60.1 Å². The number of fused-ring (bicyclic) bond motifs is 1. The molecule has 1 saturated carbocycles. The minimum atomic E-state index is -0.403. The van der Waals surface area contributed by atoms with E-state index in [9.17, 15) is 9.59 Å². The van der Waals surface area contributed by atoms with E-state index in [1.165, 1.54) is 4.90 Å². The van der Waals surface area contributed by atoms with Gasteiger partial charge in [-0.3, -0.25) is 9.59 Å². The van der Waals surface area contributed by atoms with Gasteiger partial charge in [-0.2, -0.15) is 0 Å². The maximum atomic E-state index is 12.4. The van der Waals surface area contributed by atoms with Crippen LogP contribution in [0.15, 0.2) is 48.5 Å². The minimum Gasteiger partial charge on any atom is -0.490 e. The molecule has 36 heavy (non-hydrogen) atoms. The number of imidazole rings is 1. The molecule has 1 fully saturated rings. The van der Waals surface area contributed by atoms with Crippen LogP contribution in [-0.4, -0.2) is 57.9 Å². The topological polar surface area (TPSA) is 120 Å². The van der Waals surface area contributed by atoms with E-state index in [4.69, 9.17) is 24.1 Å². The lowest BCUT2D eigenvalue weighted by Gasteiger charge is -2.28. The van der Waals surface area contributed by atoms with Gasteiger partial charge in [0, 0.05) is 33.1 Å². The number of aryl methyl sites for hydroxylation is 1. The van der Waals surface area contributed by atoms with Crippen molar-refractivity contribution in [2.24, 2.45) is 7.05 Å². The van der Waals surface area contributed by atoms with Gasteiger partial charge in [0.15, 0.2) is 6.61 Å². The minimum absolute atomic E-state index is 0.00504. The summed E-state index contributed by atoms with van der Waals surface area (Å²) in [4.78, 5) is 37.6. The van der Waals surface area contributed by atoms with Crippen LogP contribution >= 0.6 is 0 Å². The van der Waals surface area contributed by atoms with Crippen LogP contribution in [0.25, 0.3) is 11.0 Å². The molecule has 3 aromatic rings. The third kappa shape index (κ3) is 7.21. The molecule has 1 aromatic heterocycles. The Morgan fingerprint density at radius 1 is 1.17 bits per heavy atom. The summed E-state index contributed by atoms with van der Waals surface area (Å²) in [6, 6.07) is 15.5. The number of carbonyl (C=O) groups excluding carboxylic acids is 2. The molecule has 1 aliphatic carbocycles. The molecule has 1 amide bonds.